The normalized spacial score (nSPS) is 10.9. The van der Waals surface area contributed by atoms with E-state index in [0.29, 0.717) is 0 Å². The molecule has 0 atom stereocenters. The number of nitrogens with zero attached hydrogens (tertiary/aromatic N) is 4. The van der Waals surface area contributed by atoms with Gasteiger partial charge < -0.3 is 4.90 Å². The van der Waals surface area contributed by atoms with Crippen molar-refractivity contribution in [2.45, 2.75) is 13.5 Å². The zero-order valence-corrected chi connectivity index (χ0v) is 11.6. The van der Waals surface area contributed by atoms with Crippen LogP contribution >= 0.6 is 0 Å². The molecule has 0 bridgehead atoms. The van der Waals surface area contributed by atoms with E-state index in [4.69, 9.17) is 0 Å². The predicted molar refractivity (Wildman–Crippen MR) is 77.3 cm³/mol. The van der Waals surface area contributed by atoms with Gasteiger partial charge in [-0.05, 0) is 37.3 Å². The minimum Gasteiger partial charge on any atom is -0.378 e. The van der Waals surface area contributed by atoms with Gasteiger partial charge in [0.05, 0.1) is 5.69 Å². The van der Waals surface area contributed by atoms with Crippen molar-refractivity contribution in [3.8, 4) is 0 Å². The van der Waals surface area contributed by atoms with Gasteiger partial charge in [-0.1, -0.05) is 0 Å². The van der Waals surface area contributed by atoms with Gasteiger partial charge in [-0.3, -0.25) is 0 Å². The van der Waals surface area contributed by atoms with Crippen molar-refractivity contribution < 1.29 is 4.57 Å². The number of aromatic nitrogens is 1. The number of rotatable bonds is 4. The van der Waals surface area contributed by atoms with Gasteiger partial charge in [0.25, 0.3) is 0 Å². The highest BCUT2D eigenvalue weighted by Crippen LogP contribution is 2.20. The molecule has 0 aliphatic heterocycles. The molecule has 4 nitrogen and oxygen atoms in total. The SMILES string of the molecule is CC[n+]1cccc(N=Nc2ccc(N(C)C)cc2)c1. The highest BCUT2D eigenvalue weighted by molar-refractivity contribution is 5.51. The van der Waals surface area contributed by atoms with Crippen LogP contribution in [0.3, 0.4) is 0 Å². The minimum atomic E-state index is 0.859. The minimum absolute atomic E-state index is 0.859. The van der Waals surface area contributed by atoms with Crippen LogP contribution in [0.5, 0.6) is 0 Å². The van der Waals surface area contributed by atoms with Crippen molar-refractivity contribution in [2.75, 3.05) is 19.0 Å². The van der Waals surface area contributed by atoms with E-state index in [9.17, 15) is 0 Å². The summed E-state index contributed by atoms with van der Waals surface area (Å²) >= 11 is 0. The van der Waals surface area contributed by atoms with Crippen LogP contribution in [0.1, 0.15) is 6.92 Å². The Morgan fingerprint density at radius 1 is 1.00 bits per heavy atom. The number of aryl methyl sites for hydroxylation is 1. The lowest BCUT2D eigenvalue weighted by molar-refractivity contribution is -0.693. The average Bonchev–Trinajstić information content (AvgIpc) is 2.46. The molecule has 4 heteroatoms. The van der Waals surface area contributed by atoms with Gasteiger partial charge in [0, 0.05) is 25.8 Å². The van der Waals surface area contributed by atoms with Crippen LogP contribution in [0, 0.1) is 0 Å². The molecule has 1 heterocycles. The Morgan fingerprint density at radius 2 is 1.68 bits per heavy atom. The number of hydrogen-bond donors (Lipinski definition) is 0. The lowest BCUT2D eigenvalue weighted by Crippen LogP contribution is -2.30. The van der Waals surface area contributed by atoms with Crippen molar-refractivity contribution >= 4 is 17.1 Å². The lowest BCUT2D eigenvalue weighted by atomic mass is 10.3. The summed E-state index contributed by atoms with van der Waals surface area (Å²) in [5, 5.41) is 8.50. The zero-order chi connectivity index (χ0) is 13.7. The summed E-state index contributed by atoms with van der Waals surface area (Å²) in [6.07, 6.45) is 4.00. The Morgan fingerprint density at radius 3 is 2.32 bits per heavy atom. The van der Waals surface area contributed by atoms with Gasteiger partial charge in [0.2, 0.25) is 0 Å². The largest absolute Gasteiger partial charge is 0.378 e. The number of azo groups is 1. The van der Waals surface area contributed by atoms with Crippen LogP contribution in [0.4, 0.5) is 17.1 Å². The first-order chi connectivity index (χ1) is 9.19. The molecule has 0 spiro atoms. The fraction of sp³-hybridized carbons (Fsp3) is 0.267. The third-order valence-corrected chi connectivity index (χ3v) is 2.85. The molecule has 0 radical (unpaired) electrons. The molecule has 1 aromatic heterocycles. The van der Waals surface area contributed by atoms with Crippen LogP contribution in [0.2, 0.25) is 0 Å². The first-order valence-electron chi connectivity index (χ1n) is 6.37. The van der Waals surface area contributed by atoms with Crippen molar-refractivity contribution in [3.63, 3.8) is 0 Å². The third-order valence-electron chi connectivity index (χ3n) is 2.85. The molecular weight excluding hydrogens is 236 g/mol. The molecule has 0 fully saturated rings. The Balaban J connectivity index is 2.13. The van der Waals surface area contributed by atoms with E-state index in [1.807, 2.05) is 62.9 Å². The van der Waals surface area contributed by atoms with Gasteiger partial charge >= 0.3 is 0 Å². The molecule has 19 heavy (non-hydrogen) atoms. The van der Waals surface area contributed by atoms with E-state index in [1.165, 1.54) is 0 Å². The number of hydrogen-bond acceptors (Lipinski definition) is 3. The fourth-order valence-corrected chi connectivity index (χ4v) is 1.70. The predicted octanol–water partition coefficient (Wildman–Crippen LogP) is 3.48. The van der Waals surface area contributed by atoms with Crippen molar-refractivity contribution in [3.05, 3.63) is 48.8 Å². The fourth-order valence-electron chi connectivity index (χ4n) is 1.70. The van der Waals surface area contributed by atoms with Crippen LogP contribution < -0.4 is 9.47 Å². The molecule has 2 aromatic rings. The van der Waals surface area contributed by atoms with Gasteiger partial charge in [0.15, 0.2) is 12.4 Å². The molecule has 2 rings (SSSR count). The smallest absolute Gasteiger partial charge is 0.196 e. The van der Waals surface area contributed by atoms with E-state index >= 15 is 0 Å². The number of anilines is 1. The summed E-state index contributed by atoms with van der Waals surface area (Å²) in [5.74, 6) is 0. The van der Waals surface area contributed by atoms with Gasteiger partial charge in [-0.2, -0.15) is 5.11 Å². The summed E-state index contributed by atoms with van der Waals surface area (Å²) in [7, 11) is 4.04. The Labute approximate surface area is 114 Å². The van der Waals surface area contributed by atoms with Crippen molar-refractivity contribution in [2.24, 2.45) is 10.2 Å². The summed E-state index contributed by atoms with van der Waals surface area (Å²) in [4.78, 5) is 2.06. The molecule has 1 aromatic carbocycles. The maximum Gasteiger partial charge on any atom is 0.196 e. The van der Waals surface area contributed by atoms with Crippen molar-refractivity contribution in [1.29, 1.82) is 0 Å². The Bertz CT molecular complexity index is 559. The summed E-state index contributed by atoms with van der Waals surface area (Å²) < 4.78 is 2.07. The summed E-state index contributed by atoms with van der Waals surface area (Å²) in [6, 6.07) is 11.9. The molecule has 0 saturated carbocycles. The van der Waals surface area contributed by atoms with E-state index in [2.05, 4.69) is 26.6 Å². The molecule has 0 saturated heterocycles. The van der Waals surface area contributed by atoms with Crippen molar-refractivity contribution in [1.82, 2.24) is 0 Å². The monoisotopic (exact) mass is 255 g/mol. The summed E-state index contributed by atoms with van der Waals surface area (Å²) in [6.45, 7) is 3.03. The molecule has 0 N–H and O–H groups in total. The van der Waals surface area contributed by atoms with Gasteiger partial charge in [-0.25, -0.2) is 4.57 Å². The second kappa shape index (κ2) is 6.09. The molecule has 0 aliphatic rings. The maximum absolute atomic E-state index is 4.25. The molecular formula is C15H19N4+. The van der Waals surface area contributed by atoms with Crippen LogP contribution in [0.15, 0.2) is 59.0 Å². The molecule has 98 valence electrons. The Hall–Kier alpha value is -2.23. The van der Waals surface area contributed by atoms with Crippen LogP contribution in [-0.4, -0.2) is 14.1 Å². The maximum atomic E-state index is 4.25. The quantitative estimate of drug-likeness (QED) is 0.608. The van der Waals surface area contributed by atoms with E-state index in [-0.39, 0.29) is 0 Å². The zero-order valence-electron chi connectivity index (χ0n) is 11.6. The molecule has 0 amide bonds. The topological polar surface area (TPSA) is 31.8 Å². The summed E-state index contributed by atoms with van der Waals surface area (Å²) in [5.41, 5.74) is 2.88. The van der Waals surface area contributed by atoms with E-state index in [0.717, 1.165) is 23.6 Å². The number of pyridine rings is 1. The second-order valence-electron chi connectivity index (χ2n) is 4.50. The first-order valence-corrected chi connectivity index (χ1v) is 6.37. The average molecular weight is 255 g/mol. The van der Waals surface area contributed by atoms with E-state index < -0.39 is 0 Å². The van der Waals surface area contributed by atoms with Gasteiger partial charge in [0.1, 0.15) is 12.2 Å². The van der Waals surface area contributed by atoms with E-state index in [1.54, 1.807) is 0 Å². The standard InChI is InChI=1S/C15H19N4/c1-4-19-11-5-6-14(12-19)17-16-13-7-9-15(10-8-13)18(2)3/h5-12H,4H2,1-3H3/q+1. The molecule has 0 aliphatic carbocycles. The van der Waals surface area contributed by atoms with Gasteiger partial charge in [-0.15, -0.1) is 5.11 Å². The van der Waals surface area contributed by atoms with Crippen LogP contribution in [0.25, 0.3) is 0 Å². The lowest BCUT2D eigenvalue weighted by Gasteiger charge is -2.11. The highest BCUT2D eigenvalue weighted by Gasteiger charge is 1.99. The Kier molecular flexibility index (Phi) is 4.23. The van der Waals surface area contributed by atoms with Crippen LogP contribution in [-0.2, 0) is 6.54 Å². The number of benzene rings is 1. The molecule has 0 unspecified atom stereocenters. The third kappa shape index (κ3) is 3.61. The first kappa shape index (κ1) is 13.2. The highest BCUT2D eigenvalue weighted by atomic mass is 15.1. The second-order valence-corrected chi connectivity index (χ2v) is 4.50.